The Kier molecular flexibility index (Phi) is 3.29. The highest BCUT2D eigenvalue weighted by atomic mass is 127. The number of nitrogens with zero attached hydrogens (tertiary/aromatic N) is 2. The van der Waals surface area contributed by atoms with Crippen molar-refractivity contribution in [1.29, 1.82) is 0 Å². The summed E-state index contributed by atoms with van der Waals surface area (Å²) in [5.41, 5.74) is 6.42. The third-order valence-corrected chi connectivity index (χ3v) is 3.33. The molecule has 4 nitrogen and oxygen atoms in total. The number of nitrogens with two attached hydrogens (primary N) is 1. The van der Waals surface area contributed by atoms with Gasteiger partial charge in [0.2, 0.25) is 0 Å². The molecule has 82 valence electrons. The molecular formula is C10H7BrIN3O. The fourth-order valence-corrected chi connectivity index (χ4v) is 2.73. The standard InChI is InChI=1S/C10H7BrIN3O/c11-8-3-7(12)1-2-9(8)15-5-6(4-14-15)10(13)16/h1-5H,(H2,13,16). The summed E-state index contributed by atoms with van der Waals surface area (Å²) >= 11 is 5.67. The first-order chi connectivity index (χ1) is 7.58. The van der Waals surface area contributed by atoms with Crippen LogP contribution in [0.2, 0.25) is 0 Å². The average Bonchev–Trinajstić information content (AvgIpc) is 2.66. The molecule has 0 aliphatic carbocycles. The zero-order chi connectivity index (χ0) is 11.7. The number of aromatic nitrogens is 2. The first kappa shape index (κ1) is 11.6. The molecular weight excluding hydrogens is 385 g/mol. The Labute approximate surface area is 114 Å². The van der Waals surface area contributed by atoms with Gasteiger partial charge in [-0.2, -0.15) is 5.10 Å². The fraction of sp³-hybridized carbons (Fsp3) is 0. The van der Waals surface area contributed by atoms with E-state index in [-0.39, 0.29) is 0 Å². The van der Waals surface area contributed by atoms with Crippen LogP contribution in [-0.2, 0) is 0 Å². The molecule has 1 heterocycles. The maximum atomic E-state index is 10.9. The Bertz CT molecular complexity index is 553. The molecule has 0 unspecified atom stereocenters. The molecule has 0 saturated heterocycles. The molecule has 1 aromatic carbocycles. The molecule has 0 atom stereocenters. The zero-order valence-corrected chi connectivity index (χ0v) is 11.8. The summed E-state index contributed by atoms with van der Waals surface area (Å²) in [6, 6.07) is 5.86. The molecule has 0 bridgehead atoms. The lowest BCUT2D eigenvalue weighted by molar-refractivity contribution is 0.100. The number of rotatable bonds is 2. The van der Waals surface area contributed by atoms with Crippen LogP contribution in [0, 0.1) is 3.57 Å². The predicted molar refractivity (Wildman–Crippen MR) is 72.5 cm³/mol. The van der Waals surface area contributed by atoms with E-state index >= 15 is 0 Å². The molecule has 0 aliphatic rings. The number of hydrogen-bond donors (Lipinski definition) is 1. The van der Waals surface area contributed by atoms with Gasteiger partial charge < -0.3 is 5.73 Å². The Morgan fingerprint density at radius 2 is 2.25 bits per heavy atom. The summed E-state index contributed by atoms with van der Waals surface area (Å²) in [6.07, 6.45) is 3.06. The molecule has 0 saturated carbocycles. The summed E-state index contributed by atoms with van der Waals surface area (Å²) in [6.45, 7) is 0. The van der Waals surface area contributed by atoms with E-state index in [0.717, 1.165) is 13.7 Å². The van der Waals surface area contributed by atoms with E-state index in [2.05, 4.69) is 43.6 Å². The van der Waals surface area contributed by atoms with Gasteiger partial charge in [0.1, 0.15) is 0 Å². The molecule has 0 spiro atoms. The quantitative estimate of drug-likeness (QED) is 0.798. The van der Waals surface area contributed by atoms with Crippen LogP contribution in [-0.4, -0.2) is 15.7 Å². The first-order valence-corrected chi connectivity index (χ1v) is 6.25. The zero-order valence-electron chi connectivity index (χ0n) is 8.02. The Morgan fingerprint density at radius 1 is 1.50 bits per heavy atom. The van der Waals surface area contributed by atoms with Crippen LogP contribution in [0.15, 0.2) is 35.1 Å². The van der Waals surface area contributed by atoms with E-state index in [1.165, 1.54) is 6.20 Å². The third kappa shape index (κ3) is 2.27. The number of hydrogen-bond acceptors (Lipinski definition) is 2. The molecule has 1 amide bonds. The van der Waals surface area contributed by atoms with Gasteiger partial charge in [-0.3, -0.25) is 4.79 Å². The highest BCUT2D eigenvalue weighted by Crippen LogP contribution is 2.23. The van der Waals surface area contributed by atoms with E-state index in [1.807, 2.05) is 18.2 Å². The lowest BCUT2D eigenvalue weighted by atomic mass is 10.3. The van der Waals surface area contributed by atoms with Crippen LogP contribution in [0.5, 0.6) is 0 Å². The van der Waals surface area contributed by atoms with Gasteiger partial charge in [0, 0.05) is 14.2 Å². The van der Waals surface area contributed by atoms with Crippen LogP contribution in [0.1, 0.15) is 10.4 Å². The third-order valence-electron chi connectivity index (χ3n) is 2.02. The normalized spacial score (nSPS) is 10.4. The lowest BCUT2D eigenvalue weighted by Gasteiger charge is -2.04. The Balaban J connectivity index is 2.46. The van der Waals surface area contributed by atoms with Crippen molar-refractivity contribution in [3.63, 3.8) is 0 Å². The molecule has 2 N–H and O–H groups in total. The van der Waals surface area contributed by atoms with E-state index in [1.54, 1.807) is 10.9 Å². The molecule has 6 heteroatoms. The fourth-order valence-electron chi connectivity index (χ4n) is 1.25. The van der Waals surface area contributed by atoms with Gasteiger partial charge in [-0.15, -0.1) is 0 Å². The number of amides is 1. The lowest BCUT2D eigenvalue weighted by Crippen LogP contribution is -2.09. The summed E-state index contributed by atoms with van der Waals surface area (Å²) in [7, 11) is 0. The van der Waals surface area contributed by atoms with Gasteiger partial charge >= 0.3 is 0 Å². The first-order valence-electron chi connectivity index (χ1n) is 4.38. The second-order valence-corrected chi connectivity index (χ2v) is 5.23. The topological polar surface area (TPSA) is 60.9 Å². The van der Waals surface area contributed by atoms with E-state index in [4.69, 9.17) is 5.73 Å². The maximum absolute atomic E-state index is 10.9. The minimum atomic E-state index is -0.479. The van der Waals surface area contributed by atoms with Crippen molar-refractivity contribution in [3.05, 3.63) is 44.2 Å². The van der Waals surface area contributed by atoms with Crippen molar-refractivity contribution < 1.29 is 4.79 Å². The second kappa shape index (κ2) is 4.54. The van der Waals surface area contributed by atoms with Gasteiger partial charge in [0.05, 0.1) is 17.4 Å². The molecule has 0 fully saturated rings. The molecule has 1 aromatic heterocycles. The van der Waals surface area contributed by atoms with E-state index in [0.29, 0.717) is 5.56 Å². The summed E-state index contributed by atoms with van der Waals surface area (Å²) in [5, 5.41) is 4.08. The SMILES string of the molecule is NC(=O)c1cnn(-c2ccc(I)cc2Br)c1. The van der Waals surface area contributed by atoms with Gasteiger partial charge in [0.25, 0.3) is 5.91 Å². The molecule has 0 aliphatic heterocycles. The summed E-state index contributed by atoms with van der Waals surface area (Å²) in [4.78, 5) is 10.9. The number of carbonyl (C=O) groups is 1. The second-order valence-electron chi connectivity index (χ2n) is 3.13. The van der Waals surface area contributed by atoms with Gasteiger partial charge in [0.15, 0.2) is 0 Å². The van der Waals surface area contributed by atoms with Gasteiger partial charge in [-0.1, -0.05) is 0 Å². The van der Waals surface area contributed by atoms with Crippen molar-refractivity contribution in [2.45, 2.75) is 0 Å². The highest BCUT2D eigenvalue weighted by Gasteiger charge is 2.07. The monoisotopic (exact) mass is 391 g/mol. The van der Waals surface area contributed by atoms with Crippen LogP contribution >= 0.6 is 38.5 Å². The average molecular weight is 392 g/mol. The Hall–Kier alpha value is -0.890. The Morgan fingerprint density at radius 3 is 2.81 bits per heavy atom. The minimum absolute atomic E-state index is 0.394. The molecule has 16 heavy (non-hydrogen) atoms. The molecule has 2 aromatic rings. The molecule has 0 radical (unpaired) electrons. The number of halogens is 2. The summed E-state index contributed by atoms with van der Waals surface area (Å²) < 4.78 is 3.65. The van der Waals surface area contributed by atoms with E-state index < -0.39 is 5.91 Å². The highest BCUT2D eigenvalue weighted by molar-refractivity contribution is 14.1. The van der Waals surface area contributed by atoms with Crippen LogP contribution < -0.4 is 5.73 Å². The smallest absolute Gasteiger partial charge is 0.251 e. The molecule has 2 rings (SSSR count). The summed E-state index contributed by atoms with van der Waals surface area (Å²) in [5.74, 6) is -0.479. The van der Waals surface area contributed by atoms with Gasteiger partial charge in [-0.25, -0.2) is 4.68 Å². The van der Waals surface area contributed by atoms with Gasteiger partial charge in [-0.05, 0) is 56.7 Å². The van der Waals surface area contributed by atoms with Crippen LogP contribution in [0.3, 0.4) is 0 Å². The van der Waals surface area contributed by atoms with Crippen molar-refractivity contribution in [2.24, 2.45) is 5.73 Å². The number of primary amides is 1. The van der Waals surface area contributed by atoms with Crippen molar-refractivity contribution in [2.75, 3.05) is 0 Å². The largest absolute Gasteiger partial charge is 0.366 e. The van der Waals surface area contributed by atoms with Crippen LogP contribution in [0.4, 0.5) is 0 Å². The van der Waals surface area contributed by atoms with E-state index in [9.17, 15) is 4.79 Å². The predicted octanol–water partition coefficient (Wildman–Crippen LogP) is 2.34. The van der Waals surface area contributed by atoms with Crippen LogP contribution in [0.25, 0.3) is 5.69 Å². The number of benzene rings is 1. The van der Waals surface area contributed by atoms with Crippen molar-refractivity contribution in [1.82, 2.24) is 9.78 Å². The maximum Gasteiger partial charge on any atom is 0.251 e. The minimum Gasteiger partial charge on any atom is -0.366 e. The van der Waals surface area contributed by atoms with Crippen molar-refractivity contribution in [3.8, 4) is 5.69 Å². The van der Waals surface area contributed by atoms with Crippen molar-refractivity contribution >= 4 is 44.4 Å². The number of carbonyl (C=O) groups excluding carboxylic acids is 1.